The number of aromatic amines is 2. The van der Waals surface area contributed by atoms with Gasteiger partial charge in [-0.25, -0.2) is 4.79 Å². The maximum atomic E-state index is 12.8. The number of fused-ring (bicyclic) bond motifs is 1. The SMILES string of the molecule is CN(C)[C@@H]1C[C@@H]2CN(C(=O)Cc3c[nH]c(=O)[nH]c3=O)C[C@@H]2C[C@H]1OCC1CC1. The Morgan fingerprint density at radius 3 is 2.57 bits per heavy atom. The van der Waals surface area contributed by atoms with E-state index in [4.69, 9.17) is 4.74 Å². The van der Waals surface area contributed by atoms with Gasteiger partial charge in [0.25, 0.3) is 5.56 Å². The van der Waals surface area contributed by atoms with Gasteiger partial charge in [-0.3, -0.25) is 14.6 Å². The van der Waals surface area contributed by atoms with E-state index in [9.17, 15) is 14.4 Å². The molecule has 8 nitrogen and oxygen atoms in total. The van der Waals surface area contributed by atoms with Crippen LogP contribution < -0.4 is 11.2 Å². The minimum absolute atomic E-state index is 0.0181. The number of nitrogens with zero attached hydrogens (tertiary/aromatic N) is 2. The molecule has 1 aliphatic heterocycles. The number of hydrogen-bond donors (Lipinski definition) is 2. The van der Waals surface area contributed by atoms with Crippen LogP contribution in [0, 0.1) is 17.8 Å². The van der Waals surface area contributed by atoms with E-state index in [1.165, 1.54) is 19.0 Å². The molecule has 2 heterocycles. The molecule has 4 rings (SSSR count). The Morgan fingerprint density at radius 1 is 1.21 bits per heavy atom. The molecule has 0 radical (unpaired) electrons. The Morgan fingerprint density at radius 2 is 1.93 bits per heavy atom. The van der Waals surface area contributed by atoms with Crippen molar-refractivity contribution in [3.63, 3.8) is 0 Å². The fourth-order valence-electron chi connectivity index (χ4n) is 4.70. The highest BCUT2D eigenvalue weighted by atomic mass is 16.5. The van der Waals surface area contributed by atoms with Crippen LogP contribution in [-0.4, -0.2) is 71.6 Å². The summed E-state index contributed by atoms with van der Waals surface area (Å²) in [6, 6.07) is 0.386. The van der Waals surface area contributed by atoms with E-state index in [2.05, 4.69) is 29.0 Å². The highest BCUT2D eigenvalue weighted by Crippen LogP contribution is 2.40. The molecule has 2 saturated carbocycles. The summed E-state index contributed by atoms with van der Waals surface area (Å²) in [5.74, 6) is 1.63. The van der Waals surface area contributed by atoms with Crippen molar-refractivity contribution in [3.05, 3.63) is 32.6 Å². The van der Waals surface area contributed by atoms with Gasteiger partial charge >= 0.3 is 5.69 Å². The van der Waals surface area contributed by atoms with E-state index in [-0.39, 0.29) is 18.4 Å². The van der Waals surface area contributed by atoms with Crippen molar-refractivity contribution in [2.45, 2.75) is 44.2 Å². The van der Waals surface area contributed by atoms with Crippen LogP contribution in [0.2, 0.25) is 0 Å². The maximum Gasteiger partial charge on any atom is 0.325 e. The Kier molecular flexibility index (Phi) is 5.42. The molecule has 0 spiro atoms. The molecule has 0 aromatic carbocycles. The fraction of sp³-hybridized carbons (Fsp3) is 0.750. The van der Waals surface area contributed by atoms with Crippen molar-refractivity contribution < 1.29 is 9.53 Å². The number of carbonyl (C=O) groups is 1. The third-order valence-corrected chi connectivity index (χ3v) is 6.58. The predicted octanol–water partition coefficient (Wildman–Crippen LogP) is 0.200. The molecule has 28 heavy (non-hydrogen) atoms. The van der Waals surface area contributed by atoms with E-state index in [0.29, 0.717) is 23.4 Å². The van der Waals surface area contributed by atoms with E-state index in [1.807, 2.05) is 4.90 Å². The zero-order valence-corrected chi connectivity index (χ0v) is 16.6. The van der Waals surface area contributed by atoms with Gasteiger partial charge in [0.2, 0.25) is 5.91 Å². The van der Waals surface area contributed by atoms with Crippen molar-refractivity contribution in [1.82, 2.24) is 19.8 Å². The Labute approximate surface area is 164 Å². The van der Waals surface area contributed by atoms with E-state index in [1.54, 1.807) is 0 Å². The summed E-state index contributed by atoms with van der Waals surface area (Å²) in [7, 11) is 4.22. The van der Waals surface area contributed by atoms with Gasteiger partial charge in [-0.1, -0.05) is 0 Å². The van der Waals surface area contributed by atoms with Gasteiger partial charge in [0.1, 0.15) is 0 Å². The first-order valence-corrected chi connectivity index (χ1v) is 10.3. The molecule has 1 aromatic heterocycles. The topological polar surface area (TPSA) is 98.5 Å². The average molecular weight is 390 g/mol. The number of likely N-dealkylation sites (N-methyl/N-ethyl adjacent to an activating group) is 1. The Hall–Kier alpha value is -1.93. The molecule has 0 unspecified atom stereocenters. The lowest BCUT2D eigenvalue weighted by molar-refractivity contribution is -0.129. The molecular weight excluding hydrogens is 360 g/mol. The molecule has 0 bridgehead atoms. The lowest BCUT2D eigenvalue weighted by Crippen LogP contribution is -2.48. The number of rotatable bonds is 6. The molecule has 3 fully saturated rings. The number of H-pyrrole nitrogens is 2. The van der Waals surface area contributed by atoms with Crippen molar-refractivity contribution >= 4 is 5.91 Å². The van der Waals surface area contributed by atoms with Crippen LogP contribution in [0.15, 0.2) is 15.8 Å². The maximum absolute atomic E-state index is 12.8. The van der Waals surface area contributed by atoms with Gasteiger partial charge < -0.3 is 19.5 Å². The number of aromatic nitrogens is 2. The predicted molar refractivity (Wildman–Crippen MR) is 104 cm³/mol. The standard InChI is InChI=1S/C20H30N4O4/c1-23(2)16-5-14-9-24(10-15(14)6-17(16)28-11-12-3-4-12)18(25)7-13-8-21-20(27)22-19(13)26/h8,12,14-17H,3-7,9-11H2,1-2H3,(H2,21,22,26,27)/t14-,15+,16-,17-/m1/s1. The monoisotopic (exact) mass is 390 g/mol. The summed E-state index contributed by atoms with van der Waals surface area (Å²) in [6.45, 7) is 2.34. The quantitative estimate of drug-likeness (QED) is 0.723. The van der Waals surface area contributed by atoms with E-state index < -0.39 is 11.2 Å². The number of carbonyl (C=O) groups excluding carboxylic acids is 1. The van der Waals surface area contributed by atoms with E-state index >= 15 is 0 Å². The second-order valence-electron chi connectivity index (χ2n) is 8.91. The van der Waals surface area contributed by atoms with Crippen LogP contribution in [0.1, 0.15) is 31.2 Å². The summed E-state index contributed by atoms with van der Waals surface area (Å²) < 4.78 is 6.28. The highest BCUT2D eigenvalue weighted by molar-refractivity contribution is 5.78. The zero-order chi connectivity index (χ0) is 19.8. The number of amides is 1. The summed E-state index contributed by atoms with van der Waals surface area (Å²) >= 11 is 0. The summed E-state index contributed by atoms with van der Waals surface area (Å²) in [4.78, 5) is 44.5. The normalized spacial score (nSPS) is 29.9. The van der Waals surface area contributed by atoms with Gasteiger partial charge in [0.05, 0.1) is 12.5 Å². The molecular formula is C20H30N4O4. The van der Waals surface area contributed by atoms with Gasteiger partial charge in [0, 0.05) is 37.5 Å². The van der Waals surface area contributed by atoms with Crippen LogP contribution in [0.5, 0.6) is 0 Å². The third kappa shape index (κ3) is 4.22. The van der Waals surface area contributed by atoms with Crippen LogP contribution >= 0.6 is 0 Å². The molecule has 1 saturated heterocycles. The first-order valence-electron chi connectivity index (χ1n) is 10.3. The smallest absolute Gasteiger partial charge is 0.325 e. The van der Waals surface area contributed by atoms with Gasteiger partial charge in [0.15, 0.2) is 0 Å². The fourth-order valence-corrected chi connectivity index (χ4v) is 4.70. The van der Waals surface area contributed by atoms with Crippen LogP contribution in [0.25, 0.3) is 0 Å². The minimum atomic E-state index is -0.555. The summed E-state index contributed by atoms with van der Waals surface area (Å²) in [6.07, 6.45) is 6.19. The minimum Gasteiger partial charge on any atom is -0.376 e. The number of nitrogens with one attached hydrogen (secondary N) is 2. The summed E-state index contributed by atoms with van der Waals surface area (Å²) in [5, 5.41) is 0. The van der Waals surface area contributed by atoms with Crippen molar-refractivity contribution in [1.29, 1.82) is 0 Å². The molecule has 2 N–H and O–H groups in total. The van der Waals surface area contributed by atoms with Crippen molar-refractivity contribution in [2.24, 2.45) is 17.8 Å². The van der Waals surface area contributed by atoms with E-state index in [0.717, 1.165) is 38.5 Å². The second-order valence-corrected chi connectivity index (χ2v) is 8.91. The second kappa shape index (κ2) is 7.83. The molecule has 1 aromatic rings. The molecule has 4 atom stereocenters. The third-order valence-electron chi connectivity index (χ3n) is 6.58. The molecule has 8 heteroatoms. The van der Waals surface area contributed by atoms with Crippen LogP contribution in [0.3, 0.4) is 0 Å². The molecule has 2 aliphatic carbocycles. The molecule has 154 valence electrons. The Bertz CT molecular complexity index is 828. The molecule has 3 aliphatic rings. The van der Waals surface area contributed by atoms with Crippen molar-refractivity contribution in [2.75, 3.05) is 33.8 Å². The zero-order valence-electron chi connectivity index (χ0n) is 16.6. The van der Waals surface area contributed by atoms with Gasteiger partial charge in [-0.15, -0.1) is 0 Å². The lowest BCUT2D eigenvalue weighted by atomic mass is 9.77. The van der Waals surface area contributed by atoms with Gasteiger partial charge in [-0.2, -0.15) is 0 Å². The number of likely N-dealkylation sites (tertiary alicyclic amines) is 1. The largest absolute Gasteiger partial charge is 0.376 e. The first-order chi connectivity index (χ1) is 13.4. The Balaban J connectivity index is 1.39. The summed E-state index contributed by atoms with van der Waals surface area (Å²) in [5.41, 5.74) is -0.744. The first kappa shape index (κ1) is 19.4. The van der Waals surface area contributed by atoms with Crippen LogP contribution in [0.4, 0.5) is 0 Å². The van der Waals surface area contributed by atoms with Crippen molar-refractivity contribution in [3.8, 4) is 0 Å². The highest BCUT2D eigenvalue weighted by Gasteiger charge is 2.44. The number of hydrogen-bond acceptors (Lipinski definition) is 5. The molecule has 1 amide bonds. The number of ether oxygens (including phenoxy) is 1. The van der Waals surface area contributed by atoms with Gasteiger partial charge in [-0.05, 0) is 57.5 Å². The lowest BCUT2D eigenvalue weighted by Gasteiger charge is -2.41. The van der Waals surface area contributed by atoms with Crippen LogP contribution in [-0.2, 0) is 16.0 Å². The average Bonchev–Trinajstić information content (AvgIpc) is 3.38.